The van der Waals surface area contributed by atoms with E-state index in [4.69, 9.17) is 16.3 Å². The Labute approximate surface area is 165 Å². The van der Waals surface area contributed by atoms with Gasteiger partial charge in [-0.3, -0.25) is 4.79 Å². The fourth-order valence-electron chi connectivity index (χ4n) is 2.86. The van der Waals surface area contributed by atoms with Gasteiger partial charge in [-0.05, 0) is 25.1 Å². The molecule has 1 fully saturated rings. The first kappa shape index (κ1) is 20.3. The smallest absolute Gasteiger partial charge is 0.417 e. The second kappa shape index (κ2) is 8.26. The molecule has 1 aliphatic rings. The van der Waals surface area contributed by atoms with E-state index in [0.29, 0.717) is 31.9 Å². The van der Waals surface area contributed by atoms with Gasteiger partial charge in [-0.2, -0.15) is 13.2 Å². The molecule has 28 heavy (non-hydrogen) atoms. The van der Waals surface area contributed by atoms with Crippen molar-refractivity contribution in [1.82, 2.24) is 9.88 Å². The van der Waals surface area contributed by atoms with Gasteiger partial charge in [0.15, 0.2) is 6.61 Å². The minimum absolute atomic E-state index is 0.0581. The normalized spacial score (nSPS) is 14.9. The Morgan fingerprint density at radius 1 is 1.18 bits per heavy atom. The molecule has 1 saturated heterocycles. The van der Waals surface area contributed by atoms with Crippen LogP contribution in [0.15, 0.2) is 36.5 Å². The van der Waals surface area contributed by atoms with Crippen molar-refractivity contribution in [2.45, 2.75) is 13.1 Å². The maximum absolute atomic E-state index is 12.7. The lowest BCUT2D eigenvalue weighted by atomic mass is 10.2. The van der Waals surface area contributed by atoms with Gasteiger partial charge in [-0.1, -0.05) is 29.3 Å². The van der Waals surface area contributed by atoms with Crippen molar-refractivity contribution < 1.29 is 22.7 Å². The van der Waals surface area contributed by atoms with E-state index in [1.54, 1.807) is 21.9 Å². The molecule has 0 unspecified atom stereocenters. The molecule has 0 N–H and O–H groups in total. The molecule has 150 valence electrons. The number of ether oxygens (including phenoxy) is 1. The number of rotatable bonds is 4. The quantitative estimate of drug-likeness (QED) is 0.765. The number of hydrogen-bond acceptors (Lipinski definition) is 4. The summed E-state index contributed by atoms with van der Waals surface area (Å²) in [5.74, 6) is 0.766. The van der Waals surface area contributed by atoms with Crippen molar-refractivity contribution in [2.75, 3.05) is 37.7 Å². The lowest BCUT2D eigenvalue weighted by Gasteiger charge is -2.35. The molecule has 1 aromatic carbocycles. The molecule has 1 amide bonds. The molecule has 1 aromatic heterocycles. The fraction of sp³-hybridized carbons (Fsp3) is 0.368. The summed E-state index contributed by atoms with van der Waals surface area (Å²) in [5.41, 5.74) is 0.216. The van der Waals surface area contributed by atoms with E-state index in [1.165, 1.54) is 0 Å². The van der Waals surface area contributed by atoms with E-state index < -0.39 is 11.7 Å². The van der Waals surface area contributed by atoms with E-state index in [-0.39, 0.29) is 23.4 Å². The summed E-state index contributed by atoms with van der Waals surface area (Å²) in [7, 11) is 0. The Balaban J connectivity index is 1.54. The van der Waals surface area contributed by atoms with Crippen LogP contribution in [0.3, 0.4) is 0 Å². The van der Waals surface area contributed by atoms with Crippen molar-refractivity contribution in [1.29, 1.82) is 0 Å². The van der Waals surface area contributed by atoms with Gasteiger partial charge >= 0.3 is 6.18 Å². The van der Waals surface area contributed by atoms with Gasteiger partial charge in [0.05, 0.1) is 10.6 Å². The summed E-state index contributed by atoms with van der Waals surface area (Å²) in [5, 5.41) is -0.0581. The number of pyridine rings is 1. The van der Waals surface area contributed by atoms with Crippen molar-refractivity contribution in [3.05, 3.63) is 52.7 Å². The summed E-state index contributed by atoms with van der Waals surface area (Å²) in [4.78, 5) is 19.6. The molecule has 0 atom stereocenters. The Morgan fingerprint density at radius 3 is 2.39 bits per heavy atom. The Bertz CT molecular complexity index is 835. The molecule has 0 spiro atoms. The Hall–Kier alpha value is -2.48. The zero-order valence-electron chi connectivity index (χ0n) is 15.2. The lowest BCUT2D eigenvalue weighted by molar-refractivity contribution is -0.138. The molecular formula is C19H19ClF3N3O2. The van der Waals surface area contributed by atoms with Crippen LogP contribution in [0.25, 0.3) is 0 Å². The first-order valence-electron chi connectivity index (χ1n) is 8.69. The predicted molar refractivity (Wildman–Crippen MR) is 99.7 cm³/mol. The number of aromatic nitrogens is 1. The summed E-state index contributed by atoms with van der Waals surface area (Å²) in [6.45, 7) is 3.57. The lowest BCUT2D eigenvalue weighted by Crippen LogP contribution is -2.50. The number of aryl methyl sites for hydroxylation is 1. The van der Waals surface area contributed by atoms with E-state index >= 15 is 0 Å². The molecule has 0 bridgehead atoms. The van der Waals surface area contributed by atoms with Crippen LogP contribution in [0.4, 0.5) is 19.0 Å². The van der Waals surface area contributed by atoms with Gasteiger partial charge in [0.25, 0.3) is 5.91 Å². The van der Waals surface area contributed by atoms with Crippen LogP contribution in [0.2, 0.25) is 5.02 Å². The van der Waals surface area contributed by atoms with Crippen LogP contribution in [0, 0.1) is 6.92 Å². The summed E-state index contributed by atoms with van der Waals surface area (Å²) >= 11 is 5.99. The third-order valence-electron chi connectivity index (χ3n) is 4.46. The molecule has 3 rings (SSSR count). The molecular weight excluding hydrogens is 395 g/mol. The maximum atomic E-state index is 12.7. The number of carbonyl (C=O) groups is 1. The monoisotopic (exact) mass is 413 g/mol. The molecule has 0 saturated carbocycles. The van der Waals surface area contributed by atoms with E-state index in [2.05, 4.69) is 4.98 Å². The highest BCUT2D eigenvalue weighted by Gasteiger charge is 2.32. The van der Waals surface area contributed by atoms with Gasteiger partial charge < -0.3 is 14.5 Å². The minimum atomic E-state index is -4.49. The standard InChI is InChI=1S/C19H19ClF3N3O2/c1-13-2-4-15(5-3-13)28-12-17(27)25-6-8-26(9-7-25)18-16(20)10-14(11-24-18)19(21,22)23/h2-5,10-11H,6-9,12H2,1H3. The number of halogens is 4. The van der Waals surface area contributed by atoms with Gasteiger partial charge in [0.2, 0.25) is 0 Å². The largest absolute Gasteiger partial charge is 0.484 e. The molecule has 1 aliphatic heterocycles. The Kier molecular flexibility index (Phi) is 5.98. The van der Waals surface area contributed by atoms with Crippen molar-refractivity contribution in [3.63, 3.8) is 0 Å². The maximum Gasteiger partial charge on any atom is 0.417 e. The molecule has 0 aliphatic carbocycles. The Morgan fingerprint density at radius 2 is 1.82 bits per heavy atom. The summed E-state index contributed by atoms with van der Waals surface area (Å²) in [6, 6.07) is 8.28. The minimum Gasteiger partial charge on any atom is -0.484 e. The molecule has 9 heteroatoms. The highest BCUT2D eigenvalue weighted by atomic mass is 35.5. The number of anilines is 1. The zero-order valence-corrected chi connectivity index (χ0v) is 15.9. The first-order chi connectivity index (χ1) is 13.2. The summed E-state index contributed by atoms with van der Waals surface area (Å²) in [6.07, 6.45) is -3.72. The van der Waals surface area contributed by atoms with Gasteiger partial charge in [-0.15, -0.1) is 0 Å². The van der Waals surface area contributed by atoms with Crippen LogP contribution in [0.1, 0.15) is 11.1 Å². The van der Waals surface area contributed by atoms with Gasteiger partial charge in [-0.25, -0.2) is 4.98 Å². The second-order valence-electron chi connectivity index (χ2n) is 6.50. The average Bonchev–Trinajstić information content (AvgIpc) is 2.67. The van der Waals surface area contributed by atoms with Gasteiger partial charge in [0, 0.05) is 32.4 Å². The third-order valence-corrected chi connectivity index (χ3v) is 4.74. The van der Waals surface area contributed by atoms with Crippen molar-refractivity contribution >= 4 is 23.3 Å². The number of piperazine rings is 1. The predicted octanol–water partition coefficient (Wildman–Crippen LogP) is 3.79. The number of benzene rings is 1. The zero-order chi connectivity index (χ0) is 20.3. The number of nitrogens with zero attached hydrogens (tertiary/aromatic N) is 3. The average molecular weight is 414 g/mol. The fourth-order valence-corrected chi connectivity index (χ4v) is 3.14. The highest BCUT2D eigenvalue weighted by molar-refractivity contribution is 6.33. The summed E-state index contributed by atoms with van der Waals surface area (Å²) < 4.78 is 43.7. The first-order valence-corrected chi connectivity index (χ1v) is 9.07. The van der Waals surface area contributed by atoms with Crippen LogP contribution < -0.4 is 9.64 Å². The van der Waals surface area contributed by atoms with Crippen LogP contribution in [-0.2, 0) is 11.0 Å². The van der Waals surface area contributed by atoms with Crippen molar-refractivity contribution in [3.8, 4) is 5.75 Å². The SMILES string of the molecule is Cc1ccc(OCC(=O)N2CCN(c3ncc(C(F)(F)F)cc3Cl)CC2)cc1. The van der Waals surface area contributed by atoms with E-state index in [1.807, 2.05) is 19.1 Å². The third kappa shape index (κ3) is 4.86. The van der Waals surface area contributed by atoms with E-state index in [0.717, 1.165) is 17.8 Å². The molecule has 5 nitrogen and oxygen atoms in total. The van der Waals surface area contributed by atoms with Gasteiger partial charge in [0.1, 0.15) is 11.6 Å². The number of amides is 1. The molecule has 2 aromatic rings. The van der Waals surface area contributed by atoms with E-state index in [9.17, 15) is 18.0 Å². The number of carbonyl (C=O) groups excluding carboxylic acids is 1. The van der Waals surface area contributed by atoms with Crippen LogP contribution in [0.5, 0.6) is 5.75 Å². The topological polar surface area (TPSA) is 45.7 Å². The van der Waals surface area contributed by atoms with Crippen molar-refractivity contribution in [2.24, 2.45) is 0 Å². The molecule has 2 heterocycles. The second-order valence-corrected chi connectivity index (χ2v) is 6.90. The van der Waals surface area contributed by atoms with Crippen LogP contribution in [-0.4, -0.2) is 48.6 Å². The number of alkyl halides is 3. The molecule has 0 radical (unpaired) electrons. The number of hydrogen-bond donors (Lipinski definition) is 0. The van der Waals surface area contributed by atoms with Crippen LogP contribution >= 0.6 is 11.6 Å². The highest BCUT2D eigenvalue weighted by Crippen LogP contribution is 2.33.